The van der Waals surface area contributed by atoms with E-state index in [9.17, 15) is 14.4 Å². The van der Waals surface area contributed by atoms with Crippen molar-refractivity contribution in [3.8, 4) is 5.75 Å². The molecule has 0 bridgehead atoms. The molecule has 1 aliphatic heterocycles. The van der Waals surface area contributed by atoms with Gasteiger partial charge in [0.25, 0.3) is 5.91 Å². The lowest BCUT2D eigenvalue weighted by Gasteiger charge is -2.23. The Bertz CT molecular complexity index is 881. The Hall–Kier alpha value is -3.35. The average Bonchev–Trinajstić information content (AvgIpc) is 2.92. The average molecular weight is 395 g/mol. The van der Waals surface area contributed by atoms with E-state index >= 15 is 0 Å². The number of imide groups is 1. The first-order chi connectivity index (χ1) is 13.9. The van der Waals surface area contributed by atoms with E-state index in [0.29, 0.717) is 23.7 Å². The van der Waals surface area contributed by atoms with Crippen LogP contribution in [0.2, 0.25) is 0 Å². The van der Waals surface area contributed by atoms with Gasteiger partial charge in [-0.05, 0) is 42.3 Å². The minimum Gasteiger partial charge on any atom is -0.497 e. The molecular formula is C22H25N3O4. The van der Waals surface area contributed by atoms with Crippen molar-refractivity contribution >= 4 is 29.2 Å². The zero-order valence-electron chi connectivity index (χ0n) is 16.8. The fraction of sp³-hybridized carbons (Fsp3) is 0.318. The number of carbonyl (C=O) groups is 3. The first-order valence-corrected chi connectivity index (χ1v) is 9.54. The molecule has 1 saturated heterocycles. The zero-order valence-corrected chi connectivity index (χ0v) is 16.8. The number of methoxy groups -OCH3 is 1. The summed E-state index contributed by atoms with van der Waals surface area (Å²) in [7, 11) is 1.57. The largest absolute Gasteiger partial charge is 0.497 e. The van der Waals surface area contributed by atoms with Gasteiger partial charge < -0.3 is 15.0 Å². The molecule has 0 unspecified atom stereocenters. The second-order valence-electron chi connectivity index (χ2n) is 7.33. The van der Waals surface area contributed by atoms with Gasteiger partial charge in [0.15, 0.2) is 0 Å². The molecular weight excluding hydrogens is 370 g/mol. The van der Waals surface area contributed by atoms with E-state index in [1.54, 1.807) is 55.6 Å². The number of carbonyl (C=O) groups excluding carboxylic acids is 3. The van der Waals surface area contributed by atoms with Gasteiger partial charge in [0.1, 0.15) is 11.8 Å². The molecule has 2 aromatic carbocycles. The highest BCUT2D eigenvalue weighted by molar-refractivity contribution is 6.22. The number of urea groups is 1. The zero-order chi connectivity index (χ0) is 21.0. The van der Waals surface area contributed by atoms with E-state index in [0.717, 1.165) is 4.90 Å². The van der Waals surface area contributed by atoms with Crippen LogP contribution in [0.25, 0.3) is 0 Å². The van der Waals surface area contributed by atoms with Crippen LogP contribution in [0.1, 0.15) is 20.3 Å². The standard InChI is InChI=1S/C22H25N3O4/c1-15(2)14-24-19(13-20(26)23-16-9-11-18(29-3)12-10-16)21(27)25(22(24)28)17-7-5-4-6-8-17/h4-12,15,19H,13-14H2,1-3H3,(H,23,26)/t19-/m1/s1. The van der Waals surface area contributed by atoms with Gasteiger partial charge in [-0.1, -0.05) is 32.0 Å². The maximum absolute atomic E-state index is 13.0. The molecule has 2 aromatic rings. The molecule has 0 spiro atoms. The number of para-hydroxylation sites is 1. The number of nitrogens with one attached hydrogen (secondary N) is 1. The molecule has 0 saturated carbocycles. The van der Waals surface area contributed by atoms with Crippen molar-refractivity contribution in [1.82, 2.24) is 4.90 Å². The number of amides is 4. The van der Waals surface area contributed by atoms with Gasteiger partial charge in [0.05, 0.1) is 19.2 Å². The molecule has 1 aliphatic rings. The minimum atomic E-state index is -0.830. The fourth-order valence-corrected chi connectivity index (χ4v) is 3.31. The summed E-state index contributed by atoms with van der Waals surface area (Å²) in [5.74, 6) is 0.132. The highest BCUT2D eigenvalue weighted by Gasteiger charge is 2.46. The van der Waals surface area contributed by atoms with Gasteiger partial charge in [-0.3, -0.25) is 9.59 Å². The van der Waals surface area contributed by atoms with Crippen LogP contribution in [0.5, 0.6) is 5.75 Å². The monoisotopic (exact) mass is 395 g/mol. The van der Waals surface area contributed by atoms with Gasteiger partial charge >= 0.3 is 6.03 Å². The van der Waals surface area contributed by atoms with E-state index < -0.39 is 12.1 Å². The summed E-state index contributed by atoms with van der Waals surface area (Å²) in [5.41, 5.74) is 1.11. The molecule has 0 radical (unpaired) electrons. The van der Waals surface area contributed by atoms with Crippen LogP contribution in [-0.2, 0) is 9.59 Å². The maximum Gasteiger partial charge on any atom is 0.332 e. The summed E-state index contributed by atoms with van der Waals surface area (Å²) in [4.78, 5) is 41.3. The summed E-state index contributed by atoms with van der Waals surface area (Å²) >= 11 is 0. The topological polar surface area (TPSA) is 79.0 Å². The van der Waals surface area contributed by atoms with Crippen molar-refractivity contribution in [3.63, 3.8) is 0 Å². The Labute approximate surface area is 170 Å². The first kappa shape index (κ1) is 20.4. The van der Waals surface area contributed by atoms with E-state index in [2.05, 4.69) is 5.32 Å². The third-order valence-corrected chi connectivity index (χ3v) is 4.65. The number of anilines is 2. The molecule has 7 heteroatoms. The van der Waals surface area contributed by atoms with Gasteiger partial charge in [0.2, 0.25) is 5.91 Å². The van der Waals surface area contributed by atoms with Crippen LogP contribution in [0.3, 0.4) is 0 Å². The normalized spacial score (nSPS) is 16.5. The number of hydrogen-bond acceptors (Lipinski definition) is 4. The molecule has 1 heterocycles. The lowest BCUT2D eigenvalue weighted by atomic mass is 10.1. The lowest BCUT2D eigenvalue weighted by molar-refractivity contribution is -0.124. The first-order valence-electron chi connectivity index (χ1n) is 9.54. The fourth-order valence-electron chi connectivity index (χ4n) is 3.31. The summed E-state index contributed by atoms with van der Waals surface area (Å²) < 4.78 is 5.11. The molecule has 7 nitrogen and oxygen atoms in total. The number of benzene rings is 2. The van der Waals surface area contributed by atoms with E-state index in [1.165, 1.54) is 4.90 Å². The Morgan fingerprint density at radius 2 is 1.72 bits per heavy atom. The van der Waals surface area contributed by atoms with E-state index in [-0.39, 0.29) is 24.2 Å². The van der Waals surface area contributed by atoms with Crippen LogP contribution in [0, 0.1) is 5.92 Å². The Morgan fingerprint density at radius 1 is 1.07 bits per heavy atom. The number of hydrogen-bond donors (Lipinski definition) is 1. The van der Waals surface area contributed by atoms with Crippen LogP contribution in [0.15, 0.2) is 54.6 Å². The van der Waals surface area contributed by atoms with Gasteiger partial charge in [0, 0.05) is 12.2 Å². The summed E-state index contributed by atoms with van der Waals surface area (Å²) in [6.45, 7) is 4.34. The predicted molar refractivity (Wildman–Crippen MR) is 111 cm³/mol. The van der Waals surface area contributed by atoms with Crippen molar-refractivity contribution in [2.75, 3.05) is 23.9 Å². The van der Waals surface area contributed by atoms with Crippen LogP contribution in [0.4, 0.5) is 16.2 Å². The van der Waals surface area contributed by atoms with Gasteiger partial charge in [-0.25, -0.2) is 9.69 Å². The molecule has 152 valence electrons. The van der Waals surface area contributed by atoms with Gasteiger partial charge in [-0.15, -0.1) is 0 Å². The van der Waals surface area contributed by atoms with Crippen molar-refractivity contribution < 1.29 is 19.1 Å². The second kappa shape index (κ2) is 8.77. The van der Waals surface area contributed by atoms with Gasteiger partial charge in [-0.2, -0.15) is 0 Å². The summed E-state index contributed by atoms with van der Waals surface area (Å²) in [6, 6.07) is 14.5. The number of ether oxygens (including phenoxy) is 1. The molecule has 3 rings (SSSR count). The third-order valence-electron chi connectivity index (χ3n) is 4.65. The van der Waals surface area contributed by atoms with Crippen LogP contribution < -0.4 is 15.0 Å². The van der Waals surface area contributed by atoms with Crippen LogP contribution in [-0.4, -0.2) is 42.4 Å². The highest BCUT2D eigenvalue weighted by Crippen LogP contribution is 2.27. The SMILES string of the molecule is COc1ccc(NC(=O)C[C@@H]2C(=O)N(c3ccccc3)C(=O)N2CC(C)C)cc1. The van der Waals surface area contributed by atoms with Crippen molar-refractivity contribution in [2.24, 2.45) is 5.92 Å². The molecule has 0 aromatic heterocycles. The summed E-state index contributed by atoms with van der Waals surface area (Å²) in [6.07, 6.45) is -0.105. The quantitative estimate of drug-likeness (QED) is 0.728. The Kier molecular flexibility index (Phi) is 6.16. The number of rotatable bonds is 7. The highest BCUT2D eigenvalue weighted by atomic mass is 16.5. The maximum atomic E-state index is 13.0. The smallest absolute Gasteiger partial charge is 0.332 e. The Morgan fingerprint density at radius 3 is 2.31 bits per heavy atom. The van der Waals surface area contributed by atoms with Crippen molar-refractivity contribution in [2.45, 2.75) is 26.3 Å². The summed E-state index contributed by atoms with van der Waals surface area (Å²) in [5, 5.41) is 2.78. The number of nitrogens with zero attached hydrogens (tertiary/aromatic N) is 2. The molecule has 0 aliphatic carbocycles. The second-order valence-corrected chi connectivity index (χ2v) is 7.33. The lowest BCUT2D eigenvalue weighted by Crippen LogP contribution is -2.40. The van der Waals surface area contributed by atoms with E-state index in [4.69, 9.17) is 4.74 Å². The minimum absolute atomic E-state index is 0.105. The van der Waals surface area contributed by atoms with Crippen molar-refractivity contribution in [3.05, 3.63) is 54.6 Å². The van der Waals surface area contributed by atoms with Crippen molar-refractivity contribution in [1.29, 1.82) is 0 Å². The predicted octanol–water partition coefficient (Wildman–Crippen LogP) is 3.52. The third kappa shape index (κ3) is 4.56. The molecule has 1 atom stereocenters. The Balaban J connectivity index is 1.78. The van der Waals surface area contributed by atoms with Crippen LogP contribution >= 0.6 is 0 Å². The van der Waals surface area contributed by atoms with E-state index in [1.807, 2.05) is 19.9 Å². The molecule has 1 fully saturated rings. The molecule has 29 heavy (non-hydrogen) atoms. The molecule has 1 N–H and O–H groups in total. The molecule has 4 amide bonds.